The molecule has 2 aromatic rings. The molecule has 1 N–H and O–H groups in total. The Morgan fingerprint density at radius 3 is 2.32 bits per heavy atom. The second-order valence-electron chi connectivity index (χ2n) is 6.84. The molecule has 0 heterocycles. The Bertz CT molecular complexity index is 1040. The topological polar surface area (TPSA) is 96.0 Å². The van der Waals surface area contributed by atoms with Crippen molar-refractivity contribution >= 4 is 39.1 Å². The SMILES string of the molecule is CNC(=O)[C@@H](C)N(Cc1ccccc1Cl)C(=O)CN(c1ccccc1OC)S(C)(=O)=O. The molecule has 1 atom stereocenters. The number of amides is 2. The fourth-order valence-electron chi connectivity index (χ4n) is 3.03. The third-order valence-corrected chi connectivity index (χ3v) is 6.24. The zero-order valence-corrected chi connectivity index (χ0v) is 19.4. The van der Waals surface area contributed by atoms with Crippen LogP contribution in [0.1, 0.15) is 12.5 Å². The number of benzene rings is 2. The number of carbonyl (C=O) groups excluding carboxylic acids is 2. The molecule has 0 saturated carbocycles. The Balaban J connectivity index is 2.44. The van der Waals surface area contributed by atoms with E-state index in [0.29, 0.717) is 16.3 Å². The number of rotatable bonds is 9. The summed E-state index contributed by atoms with van der Waals surface area (Å²) in [6, 6.07) is 12.6. The van der Waals surface area contributed by atoms with Gasteiger partial charge < -0.3 is 15.0 Å². The number of hydrogen-bond acceptors (Lipinski definition) is 5. The van der Waals surface area contributed by atoms with Crippen molar-refractivity contribution < 1.29 is 22.7 Å². The first-order valence-corrected chi connectivity index (χ1v) is 11.7. The summed E-state index contributed by atoms with van der Waals surface area (Å²) >= 11 is 6.24. The minimum absolute atomic E-state index is 0.0383. The summed E-state index contributed by atoms with van der Waals surface area (Å²) in [5, 5.41) is 2.96. The maximum atomic E-state index is 13.3. The van der Waals surface area contributed by atoms with Crippen LogP contribution in [-0.4, -0.2) is 58.1 Å². The van der Waals surface area contributed by atoms with Gasteiger partial charge in [0.25, 0.3) is 0 Å². The average Bonchev–Trinajstić information content (AvgIpc) is 2.74. The number of halogens is 1. The second kappa shape index (κ2) is 10.5. The molecule has 0 fully saturated rings. The van der Waals surface area contributed by atoms with Crippen LogP contribution in [0.3, 0.4) is 0 Å². The highest BCUT2D eigenvalue weighted by Crippen LogP contribution is 2.29. The summed E-state index contributed by atoms with van der Waals surface area (Å²) in [7, 11) is -0.950. The molecule has 8 nitrogen and oxygen atoms in total. The van der Waals surface area contributed by atoms with Crippen LogP contribution in [0.5, 0.6) is 5.75 Å². The van der Waals surface area contributed by atoms with Crippen LogP contribution in [-0.2, 0) is 26.2 Å². The van der Waals surface area contributed by atoms with Crippen LogP contribution in [0.2, 0.25) is 5.02 Å². The Kier molecular flexibility index (Phi) is 8.29. The van der Waals surface area contributed by atoms with Crippen molar-refractivity contribution in [3.05, 3.63) is 59.1 Å². The van der Waals surface area contributed by atoms with E-state index in [0.717, 1.165) is 10.6 Å². The van der Waals surface area contributed by atoms with Gasteiger partial charge in [0, 0.05) is 18.6 Å². The molecule has 31 heavy (non-hydrogen) atoms. The highest BCUT2D eigenvalue weighted by molar-refractivity contribution is 7.92. The first kappa shape index (κ1) is 24.5. The summed E-state index contributed by atoms with van der Waals surface area (Å²) in [4.78, 5) is 26.9. The number of likely N-dealkylation sites (N-methyl/N-ethyl adjacent to an activating group) is 1. The minimum Gasteiger partial charge on any atom is -0.495 e. The van der Waals surface area contributed by atoms with Crippen molar-refractivity contribution in [3.63, 3.8) is 0 Å². The van der Waals surface area contributed by atoms with Gasteiger partial charge in [0.15, 0.2) is 0 Å². The molecule has 0 aromatic heterocycles. The monoisotopic (exact) mass is 467 g/mol. The van der Waals surface area contributed by atoms with Gasteiger partial charge in [0.1, 0.15) is 18.3 Å². The van der Waals surface area contributed by atoms with E-state index in [2.05, 4.69) is 5.32 Å². The average molecular weight is 468 g/mol. The van der Waals surface area contributed by atoms with Gasteiger partial charge in [-0.2, -0.15) is 0 Å². The third kappa shape index (κ3) is 6.11. The van der Waals surface area contributed by atoms with Crippen molar-refractivity contribution in [1.82, 2.24) is 10.2 Å². The zero-order chi connectivity index (χ0) is 23.2. The number of para-hydroxylation sites is 2. The number of carbonyl (C=O) groups is 2. The van der Waals surface area contributed by atoms with Gasteiger partial charge in [-0.25, -0.2) is 8.42 Å². The Morgan fingerprint density at radius 1 is 1.13 bits per heavy atom. The molecule has 0 radical (unpaired) electrons. The van der Waals surface area contributed by atoms with Gasteiger partial charge in [-0.05, 0) is 30.7 Å². The largest absolute Gasteiger partial charge is 0.495 e. The van der Waals surface area contributed by atoms with Gasteiger partial charge in [-0.3, -0.25) is 13.9 Å². The number of ether oxygens (including phenoxy) is 1. The highest BCUT2D eigenvalue weighted by Gasteiger charge is 2.31. The van der Waals surface area contributed by atoms with Crippen molar-refractivity contribution in [1.29, 1.82) is 0 Å². The van der Waals surface area contributed by atoms with Crippen LogP contribution in [0.15, 0.2) is 48.5 Å². The lowest BCUT2D eigenvalue weighted by molar-refractivity contribution is -0.139. The molecule has 0 bridgehead atoms. The Labute approximate surface area is 187 Å². The van der Waals surface area contributed by atoms with Crippen LogP contribution in [0.4, 0.5) is 5.69 Å². The Morgan fingerprint density at radius 2 is 1.74 bits per heavy atom. The first-order valence-electron chi connectivity index (χ1n) is 9.45. The van der Waals surface area contributed by atoms with Crippen molar-refractivity contribution in [2.75, 3.05) is 31.3 Å². The van der Waals surface area contributed by atoms with Gasteiger partial charge in [-0.1, -0.05) is 41.9 Å². The van der Waals surface area contributed by atoms with E-state index in [9.17, 15) is 18.0 Å². The lowest BCUT2D eigenvalue weighted by Gasteiger charge is -2.31. The summed E-state index contributed by atoms with van der Waals surface area (Å²) < 4.78 is 31.3. The molecule has 10 heteroatoms. The normalized spacial score (nSPS) is 12.0. The van der Waals surface area contributed by atoms with E-state index in [1.807, 2.05) is 0 Å². The minimum atomic E-state index is -3.83. The summed E-state index contributed by atoms with van der Waals surface area (Å²) in [6.07, 6.45) is 1.01. The zero-order valence-electron chi connectivity index (χ0n) is 17.8. The van der Waals surface area contributed by atoms with Crippen molar-refractivity contribution in [2.45, 2.75) is 19.5 Å². The maximum Gasteiger partial charge on any atom is 0.244 e. The summed E-state index contributed by atoms with van der Waals surface area (Å²) in [5.74, 6) is -0.645. The number of anilines is 1. The molecule has 0 aliphatic heterocycles. The predicted molar refractivity (Wildman–Crippen MR) is 121 cm³/mol. The molecule has 2 amide bonds. The van der Waals surface area contributed by atoms with Crippen LogP contribution >= 0.6 is 11.6 Å². The van der Waals surface area contributed by atoms with E-state index in [-0.39, 0.29) is 18.1 Å². The van der Waals surface area contributed by atoms with E-state index >= 15 is 0 Å². The number of sulfonamides is 1. The van der Waals surface area contributed by atoms with Crippen LogP contribution < -0.4 is 14.4 Å². The number of nitrogens with zero attached hydrogens (tertiary/aromatic N) is 2. The molecule has 0 aliphatic carbocycles. The molecular weight excluding hydrogens is 442 g/mol. The smallest absolute Gasteiger partial charge is 0.244 e. The van der Waals surface area contributed by atoms with Crippen molar-refractivity contribution in [2.24, 2.45) is 0 Å². The van der Waals surface area contributed by atoms with Gasteiger partial charge >= 0.3 is 0 Å². The number of hydrogen-bond donors (Lipinski definition) is 1. The van der Waals surface area contributed by atoms with Gasteiger partial charge in [0.2, 0.25) is 21.8 Å². The fourth-order valence-corrected chi connectivity index (χ4v) is 4.08. The van der Waals surface area contributed by atoms with Gasteiger partial charge in [0.05, 0.1) is 19.1 Å². The maximum absolute atomic E-state index is 13.3. The third-order valence-electron chi connectivity index (χ3n) is 4.75. The summed E-state index contributed by atoms with van der Waals surface area (Å²) in [6.45, 7) is 1.10. The summed E-state index contributed by atoms with van der Waals surface area (Å²) in [5.41, 5.74) is 0.864. The van der Waals surface area contributed by atoms with Crippen LogP contribution in [0, 0.1) is 0 Å². The van der Waals surface area contributed by atoms with E-state index in [1.165, 1.54) is 19.1 Å². The molecule has 2 rings (SSSR count). The lowest BCUT2D eigenvalue weighted by atomic mass is 10.1. The standard InChI is InChI=1S/C21H26ClN3O5S/c1-15(21(27)23-2)24(13-16-9-5-6-10-17(16)22)20(26)14-25(31(4,28)29)18-11-7-8-12-19(18)30-3/h5-12,15H,13-14H2,1-4H3,(H,23,27)/t15-/m1/s1. The van der Waals surface area contributed by atoms with E-state index in [1.54, 1.807) is 55.5 Å². The fraction of sp³-hybridized carbons (Fsp3) is 0.333. The molecule has 2 aromatic carbocycles. The Hall–Kier alpha value is -2.78. The quantitative estimate of drug-likeness (QED) is 0.610. The van der Waals surface area contributed by atoms with Crippen LogP contribution in [0.25, 0.3) is 0 Å². The van der Waals surface area contributed by atoms with E-state index < -0.39 is 28.5 Å². The molecule has 0 aliphatic rings. The highest BCUT2D eigenvalue weighted by atomic mass is 35.5. The van der Waals surface area contributed by atoms with Gasteiger partial charge in [-0.15, -0.1) is 0 Å². The lowest BCUT2D eigenvalue weighted by Crippen LogP contribution is -2.50. The first-order chi connectivity index (χ1) is 14.6. The molecule has 0 saturated heterocycles. The number of nitrogens with one attached hydrogen (secondary N) is 1. The predicted octanol–water partition coefficient (Wildman–Crippen LogP) is 2.28. The number of methoxy groups -OCH3 is 1. The van der Waals surface area contributed by atoms with Crippen molar-refractivity contribution in [3.8, 4) is 5.75 Å². The molecule has 0 spiro atoms. The molecular formula is C21H26ClN3O5S. The molecule has 168 valence electrons. The molecule has 0 unspecified atom stereocenters. The van der Waals surface area contributed by atoms with E-state index in [4.69, 9.17) is 16.3 Å². The second-order valence-corrected chi connectivity index (χ2v) is 9.16.